The van der Waals surface area contributed by atoms with Crippen LogP contribution in [0.1, 0.15) is 29.3 Å². The van der Waals surface area contributed by atoms with Crippen LogP contribution in [0.5, 0.6) is 0 Å². The largest absolute Gasteiger partial charge is 0.336 e. The van der Waals surface area contributed by atoms with Gasteiger partial charge in [-0.15, -0.1) is 11.3 Å². The number of carbonyl (C=O) groups excluding carboxylic acids is 1. The van der Waals surface area contributed by atoms with Crippen LogP contribution in [0, 0.1) is 6.92 Å². The molecule has 0 aliphatic carbocycles. The predicted octanol–water partition coefficient (Wildman–Crippen LogP) is 3.41. The van der Waals surface area contributed by atoms with E-state index in [-0.39, 0.29) is 12.1 Å². The Morgan fingerprint density at radius 3 is 2.87 bits per heavy atom. The second-order valence-corrected chi connectivity index (χ2v) is 6.76. The summed E-state index contributed by atoms with van der Waals surface area (Å²) in [6, 6.07) is 8.07. The summed E-state index contributed by atoms with van der Waals surface area (Å²) in [6.07, 6.45) is 4.16. The highest BCUT2D eigenvalue weighted by molar-refractivity contribution is 7.10. The Morgan fingerprint density at radius 2 is 2.17 bits per heavy atom. The molecule has 23 heavy (non-hydrogen) atoms. The molecule has 1 aliphatic heterocycles. The van der Waals surface area contributed by atoms with Crippen molar-refractivity contribution in [2.45, 2.75) is 25.8 Å². The summed E-state index contributed by atoms with van der Waals surface area (Å²) in [5.41, 5.74) is 0.956. The Balaban J connectivity index is 1.60. The summed E-state index contributed by atoms with van der Waals surface area (Å²) in [4.78, 5) is 20.1. The van der Waals surface area contributed by atoms with Crippen LogP contribution in [0.15, 0.2) is 35.8 Å². The lowest BCUT2D eigenvalue weighted by molar-refractivity contribution is 0.229. The third-order valence-corrected chi connectivity index (χ3v) is 5.12. The predicted molar refractivity (Wildman–Crippen MR) is 93.9 cm³/mol. The van der Waals surface area contributed by atoms with Gasteiger partial charge in [-0.1, -0.05) is 12.1 Å². The average molecular weight is 330 g/mol. The van der Waals surface area contributed by atoms with Crippen LogP contribution in [-0.2, 0) is 0 Å². The van der Waals surface area contributed by atoms with Crippen LogP contribution in [0.3, 0.4) is 0 Å². The number of pyridine rings is 1. The zero-order chi connectivity index (χ0) is 16.1. The maximum absolute atomic E-state index is 12.2. The Labute approximate surface area is 140 Å². The van der Waals surface area contributed by atoms with Crippen molar-refractivity contribution in [2.75, 3.05) is 25.0 Å². The molecule has 0 saturated carbocycles. The number of likely N-dealkylation sites (tertiary alicyclic amines) is 1. The van der Waals surface area contributed by atoms with Crippen LogP contribution in [0.2, 0.25) is 0 Å². The monoisotopic (exact) mass is 330 g/mol. The highest BCUT2D eigenvalue weighted by atomic mass is 32.1. The molecule has 5 nitrogen and oxygen atoms in total. The van der Waals surface area contributed by atoms with Crippen LogP contribution in [0.25, 0.3) is 0 Å². The van der Waals surface area contributed by atoms with Gasteiger partial charge in [0.1, 0.15) is 5.82 Å². The standard InChI is InChI=1S/C17H22N4OS/c1-13-6-4-8-18-16(13)20-17(22)19-12-14(15-7-5-11-23-15)21-9-2-3-10-21/h4-8,11,14H,2-3,9-10,12H2,1H3,(H2,18,19,20,22)/t14-/m1/s1. The zero-order valence-electron chi connectivity index (χ0n) is 13.3. The van der Waals surface area contributed by atoms with Crippen molar-refractivity contribution in [3.63, 3.8) is 0 Å². The first kappa shape index (κ1) is 16.0. The highest BCUT2D eigenvalue weighted by Gasteiger charge is 2.24. The number of amides is 2. The molecule has 1 saturated heterocycles. The van der Waals surface area contributed by atoms with E-state index < -0.39 is 0 Å². The van der Waals surface area contributed by atoms with Gasteiger partial charge in [0, 0.05) is 17.6 Å². The molecule has 1 aliphatic rings. The van der Waals surface area contributed by atoms with Gasteiger partial charge in [-0.25, -0.2) is 9.78 Å². The fourth-order valence-electron chi connectivity index (χ4n) is 2.90. The molecule has 0 radical (unpaired) electrons. The number of nitrogens with zero attached hydrogens (tertiary/aromatic N) is 2. The van der Waals surface area contributed by atoms with Gasteiger partial charge in [-0.2, -0.15) is 0 Å². The molecule has 0 spiro atoms. The number of aromatic nitrogens is 1. The van der Waals surface area contributed by atoms with Gasteiger partial charge in [0.25, 0.3) is 0 Å². The van der Waals surface area contributed by atoms with Crippen molar-refractivity contribution in [1.82, 2.24) is 15.2 Å². The maximum atomic E-state index is 12.2. The molecule has 0 aromatic carbocycles. The molecule has 0 unspecified atom stereocenters. The first-order valence-corrected chi connectivity index (χ1v) is 8.86. The first-order chi connectivity index (χ1) is 11.2. The van der Waals surface area contributed by atoms with E-state index in [1.54, 1.807) is 17.5 Å². The fraction of sp³-hybridized carbons (Fsp3) is 0.412. The van der Waals surface area contributed by atoms with Crippen molar-refractivity contribution < 1.29 is 4.79 Å². The van der Waals surface area contributed by atoms with Crippen molar-refractivity contribution in [1.29, 1.82) is 0 Å². The number of urea groups is 1. The Morgan fingerprint density at radius 1 is 1.35 bits per heavy atom. The van der Waals surface area contributed by atoms with Crippen molar-refractivity contribution in [3.05, 3.63) is 46.3 Å². The molecule has 2 aromatic rings. The summed E-state index contributed by atoms with van der Waals surface area (Å²) in [7, 11) is 0. The average Bonchev–Trinajstić information content (AvgIpc) is 3.23. The van der Waals surface area contributed by atoms with E-state index >= 15 is 0 Å². The van der Waals surface area contributed by atoms with E-state index in [1.165, 1.54) is 17.7 Å². The minimum Gasteiger partial charge on any atom is -0.336 e. The number of aryl methyl sites for hydroxylation is 1. The van der Waals surface area contributed by atoms with E-state index in [0.717, 1.165) is 18.7 Å². The molecular weight excluding hydrogens is 308 g/mol. The van der Waals surface area contributed by atoms with Gasteiger partial charge in [-0.05, 0) is 55.9 Å². The van der Waals surface area contributed by atoms with Gasteiger partial charge in [0.2, 0.25) is 0 Å². The number of hydrogen-bond acceptors (Lipinski definition) is 4. The van der Waals surface area contributed by atoms with Gasteiger partial charge in [0.05, 0.1) is 6.04 Å². The molecule has 2 N–H and O–H groups in total. The Bertz CT molecular complexity index is 638. The van der Waals surface area contributed by atoms with Crippen LogP contribution >= 0.6 is 11.3 Å². The van der Waals surface area contributed by atoms with Crippen molar-refractivity contribution in [3.8, 4) is 0 Å². The Hall–Kier alpha value is -1.92. The molecule has 2 amide bonds. The highest BCUT2D eigenvalue weighted by Crippen LogP contribution is 2.27. The molecule has 1 fully saturated rings. The first-order valence-electron chi connectivity index (χ1n) is 7.98. The third kappa shape index (κ3) is 4.09. The van der Waals surface area contributed by atoms with E-state index in [1.807, 2.05) is 19.1 Å². The van der Waals surface area contributed by atoms with E-state index in [2.05, 4.69) is 38.0 Å². The summed E-state index contributed by atoms with van der Waals surface area (Å²) in [5, 5.41) is 7.92. The second-order valence-electron chi connectivity index (χ2n) is 5.78. The minimum atomic E-state index is -0.201. The molecule has 122 valence electrons. The third-order valence-electron chi connectivity index (χ3n) is 4.15. The van der Waals surface area contributed by atoms with E-state index in [9.17, 15) is 4.79 Å². The van der Waals surface area contributed by atoms with Gasteiger partial charge in [0.15, 0.2) is 0 Å². The number of anilines is 1. The number of hydrogen-bond donors (Lipinski definition) is 2. The summed E-state index contributed by atoms with van der Waals surface area (Å²) < 4.78 is 0. The van der Waals surface area contributed by atoms with Gasteiger partial charge < -0.3 is 5.32 Å². The molecular formula is C17H22N4OS. The number of carbonyl (C=O) groups is 1. The molecule has 0 bridgehead atoms. The molecule has 2 aromatic heterocycles. The molecule has 1 atom stereocenters. The quantitative estimate of drug-likeness (QED) is 0.883. The number of rotatable bonds is 5. The lowest BCUT2D eigenvalue weighted by Gasteiger charge is -2.26. The fourth-order valence-corrected chi connectivity index (χ4v) is 3.76. The summed E-state index contributed by atoms with van der Waals surface area (Å²) >= 11 is 1.75. The number of thiophene rings is 1. The van der Waals surface area contributed by atoms with Crippen LogP contribution in [-0.4, -0.2) is 35.5 Å². The zero-order valence-corrected chi connectivity index (χ0v) is 14.1. The van der Waals surface area contributed by atoms with E-state index in [4.69, 9.17) is 0 Å². The second kappa shape index (κ2) is 7.57. The topological polar surface area (TPSA) is 57.3 Å². The normalized spacial score (nSPS) is 16.2. The SMILES string of the molecule is Cc1cccnc1NC(=O)NC[C@H](c1cccs1)N1CCCC1. The Kier molecular flexibility index (Phi) is 5.25. The van der Waals surface area contributed by atoms with Crippen LogP contribution in [0.4, 0.5) is 10.6 Å². The van der Waals surface area contributed by atoms with E-state index in [0.29, 0.717) is 12.4 Å². The van der Waals surface area contributed by atoms with Gasteiger partial charge >= 0.3 is 6.03 Å². The van der Waals surface area contributed by atoms with Crippen molar-refractivity contribution >= 4 is 23.2 Å². The van der Waals surface area contributed by atoms with Crippen LogP contribution < -0.4 is 10.6 Å². The summed E-state index contributed by atoms with van der Waals surface area (Å²) in [6.45, 7) is 4.75. The smallest absolute Gasteiger partial charge is 0.320 e. The molecule has 3 heterocycles. The van der Waals surface area contributed by atoms with Crippen molar-refractivity contribution in [2.24, 2.45) is 0 Å². The number of nitrogens with one attached hydrogen (secondary N) is 2. The summed E-state index contributed by atoms with van der Waals surface area (Å²) in [5.74, 6) is 0.610. The lowest BCUT2D eigenvalue weighted by atomic mass is 10.2. The lowest BCUT2D eigenvalue weighted by Crippen LogP contribution is -2.38. The molecule has 6 heteroatoms. The van der Waals surface area contributed by atoms with Gasteiger partial charge in [-0.3, -0.25) is 10.2 Å². The molecule has 3 rings (SSSR count). The maximum Gasteiger partial charge on any atom is 0.320 e. The minimum absolute atomic E-state index is 0.201.